The van der Waals surface area contributed by atoms with Crippen molar-refractivity contribution in [2.45, 2.75) is 18.9 Å². The smallest absolute Gasteiger partial charge is 0.307 e. The fraction of sp³-hybridized carbons (Fsp3) is 0.143. The summed E-state index contributed by atoms with van der Waals surface area (Å²) in [5.74, 6) is -0.224. The lowest BCUT2D eigenvalue weighted by Crippen LogP contribution is -2.14. The first kappa shape index (κ1) is 15.9. The number of aromatic nitrogens is 1. The van der Waals surface area contributed by atoms with E-state index in [1.165, 1.54) is 0 Å². The third kappa shape index (κ3) is 4.29. The molecule has 0 aliphatic carbocycles. The van der Waals surface area contributed by atoms with Crippen molar-refractivity contribution in [1.82, 2.24) is 4.98 Å². The number of benzene rings is 2. The van der Waals surface area contributed by atoms with Crippen LogP contribution in [0.1, 0.15) is 29.3 Å². The van der Waals surface area contributed by atoms with E-state index < -0.39 is 6.10 Å². The van der Waals surface area contributed by atoms with Crippen LogP contribution >= 0.6 is 0 Å². The molecule has 3 rings (SSSR count). The van der Waals surface area contributed by atoms with Crippen molar-refractivity contribution in [2.24, 2.45) is 0 Å². The van der Waals surface area contributed by atoms with Gasteiger partial charge in [0.15, 0.2) is 6.10 Å². The molecule has 1 heterocycles. The normalized spacial score (nSPS) is 11.7. The molecule has 2 aromatic carbocycles. The molecule has 3 aromatic rings. The molecule has 0 N–H and O–H groups in total. The number of aryl methyl sites for hydroxylation is 1. The van der Waals surface area contributed by atoms with Crippen LogP contribution in [0.5, 0.6) is 0 Å². The molecule has 0 aliphatic heterocycles. The second kappa shape index (κ2) is 8.06. The summed E-state index contributed by atoms with van der Waals surface area (Å²) in [6, 6.07) is 25.3. The summed E-state index contributed by atoms with van der Waals surface area (Å²) < 4.78 is 5.74. The number of pyridine rings is 1. The van der Waals surface area contributed by atoms with Gasteiger partial charge in [-0.15, -0.1) is 0 Å². The summed E-state index contributed by atoms with van der Waals surface area (Å²) in [6.07, 6.45) is 2.25. The lowest BCUT2D eigenvalue weighted by molar-refractivity contribution is -0.147. The number of rotatable bonds is 6. The number of carbonyl (C=O) groups excluding carboxylic acids is 1. The zero-order valence-corrected chi connectivity index (χ0v) is 13.3. The minimum Gasteiger partial charge on any atom is -0.451 e. The van der Waals surface area contributed by atoms with Crippen molar-refractivity contribution in [3.05, 3.63) is 102 Å². The Balaban J connectivity index is 1.71. The molecule has 0 spiro atoms. The van der Waals surface area contributed by atoms with Gasteiger partial charge < -0.3 is 4.74 Å². The molecule has 1 unspecified atom stereocenters. The number of hydrogen-bond donors (Lipinski definition) is 0. The van der Waals surface area contributed by atoms with E-state index in [-0.39, 0.29) is 5.97 Å². The molecule has 1 atom stereocenters. The average molecular weight is 317 g/mol. The van der Waals surface area contributed by atoms with E-state index in [1.807, 2.05) is 78.9 Å². The van der Waals surface area contributed by atoms with Gasteiger partial charge in [-0.25, -0.2) is 0 Å². The van der Waals surface area contributed by atoms with Gasteiger partial charge in [0.2, 0.25) is 0 Å². The van der Waals surface area contributed by atoms with Crippen LogP contribution in [-0.4, -0.2) is 11.0 Å². The van der Waals surface area contributed by atoms with Crippen molar-refractivity contribution in [3.8, 4) is 0 Å². The lowest BCUT2D eigenvalue weighted by atomic mass is 10.1. The fourth-order valence-electron chi connectivity index (χ4n) is 2.54. The van der Waals surface area contributed by atoms with Gasteiger partial charge in [0, 0.05) is 12.6 Å². The van der Waals surface area contributed by atoms with Crippen LogP contribution in [0.4, 0.5) is 0 Å². The fourth-order valence-corrected chi connectivity index (χ4v) is 2.54. The standard InChI is InChI=1S/C21H19NO2/c23-20(15-14-17-9-3-1-4-10-17)24-21(18-11-5-2-6-12-18)19-13-7-8-16-22-19/h1-13,16,21H,14-15H2. The summed E-state index contributed by atoms with van der Waals surface area (Å²) in [6.45, 7) is 0. The van der Waals surface area contributed by atoms with Crippen LogP contribution in [0.15, 0.2) is 85.1 Å². The van der Waals surface area contributed by atoms with Crippen LogP contribution in [0.3, 0.4) is 0 Å². The maximum absolute atomic E-state index is 12.3. The second-order valence-corrected chi connectivity index (χ2v) is 5.52. The van der Waals surface area contributed by atoms with Gasteiger partial charge in [-0.1, -0.05) is 66.7 Å². The van der Waals surface area contributed by atoms with Gasteiger partial charge in [-0.05, 0) is 29.7 Å². The largest absolute Gasteiger partial charge is 0.451 e. The van der Waals surface area contributed by atoms with Gasteiger partial charge >= 0.3 is 5.97 Å². The summed E-state index contributed by atoms with van der Waals surface area (Å²) >= 11 is 0. The minimum atomic E-state index is -0.476. The number of hydrogen-bond acceptors (Lipinski definition) is 3. The molecule has 0 saturated carbocycles. The topological polar surface area (TPSA) is 39.2 Å². The Morgan fingerprint density at radius 1 is 0.875 bits per heavy atom. The third-order valence-corrected chi connectivity index (χ3v) is 3.77. The molecule has 0 fully saturated rings. The second-order valence-electron chi connectivity index (χ2n) is 5.52. The first-order valence-electron chi connectivity index (χ1n) is 8.02. The van der Waals surface area contributed by atoms with E-state index in [2.05, 4.69) is 4.98 Å². The van der Waals surface area contributed by atoms with E-state index in [0.29, 0.717) is 12.8 Å². The predicted octanol–water partition coefficient (Wildman–Crippen LogP) is 4.35. The summed E-state index contributed by atoms with van der Waals surface area (Å²) in [5, 5.41) is 0. The molecular weight excluding hydrogens is 298 g/mol. The van der Waals surface area contributed by atoms with Crippen molar-refractivity contribution in [3.63, 3.8) is 0 Å². The number of carbonyl (C=O) groups is 1. The van der Waals surface area contributed by atoms with Crippen molar-refractivity contribution in [1.29, 1.82) is 0 Å². The highest BCUT2D eigenvalue weighted by molar-refractivity contribution is 5.70. The van der Waals surface area contributed by atoms with Gasteiger partial charge in [0.1, 0.15) is 0 Å². The summed E-state index contributed by atoms with van der Waals surface area (Å²) in [4.78, 5) is 16.7. The third-order valence-electron chi connectivity index (χ3n) is 3.77. The van der Waals surface area contributed by atoms with E-state index in [1.54, 1.807) is 6.20 Å². The molecule has 3 heteroatoms. The highest BCUT2D eigenvalue weighted by Gasteiger charge is 2.19. The maximum Gasteiger partial charge on any atom is 0.307 e. The first-order valence-corrected chi connectivity index (χ1v) is 8.02. The summed E-state index contributed by atoms with van der Waals surface area (Å²) in [5.41, 5.74) is 2.78. The van der Waals surface area contributed by atoms with Crippen LogP contribution in [0.25, 0.3) is 0 Å². The number of nitrogens with zero attached hydrogens (tertiary/aromatic N) is 1. The zero-order valence-electron chi connectivity index (χ0n) is 13.3. The van der Waals surface area contributed by atoms with Gasteiger partial charge in [-0.2, -0.15) is 0 Å². The Kier molecular flexibility index (Phi) is 5.36. The summed E-state index contributed by atoms with van der Waals surface area (Å²) in [7, 11) is 0. The molecular formula is C21H19NO2. The lowest BCUT2D eigenvalue weighted by Gasteiger charge is -2.18. The van der Waals surface area contributed by atoms with Crippen LogP contribution in [-0.2, 0) is 16.0 Å². The highest BCUT2D eigenvalue weighted by atomic mass is 16.5. The Bertz CT molecular complexity index is 718. The maximum atomic E-state index is 12.3. The Morgan fingerprint density at radius 2 is 1.54 bits per heavy atom. The molecule has 3 nitrogen and oxygen atoms in total. The Labute approximate surface area is 142 Å². The minimum absolute atomic E-state index is 0.224. The van der Waals surface area contributed by atoms with Crippen molar-refractivity contribution in [2.75, 3.05) is 0 Å². The molecule has 120 valence electrons. The molecule has 0 amide bonds. The molecule has 1 aromatic heterocycles. The first-order chi connectivity index (χ1) is 11.8. The number of ether oxygens (including phenoxy) is 1. The molecule has 24 heavy (non-hydrogen) atoms. The Morgan fingerprint density at radius 3 is 2.21 bits per heavy atom. The molecule has 0 aliphatic rings. The monoisotopic (exact) mass is 317 g/mol. The Hall–Kier alpha value is -2.94. The quantitative estimate of drug-likeness (QED) is 0.635. The molecule has 0 radical (unpaired) electrons. The van der Waals surface area contributed by atoms with E-state index >= 15 is 0 Å². The van der Waals surface area contributed by atoms with Crippen molar-refractivity contribution >= 4 is 5.97 Å². The van der Waals surface area contributed by atoms with Crippen LogP contribution in [0.2, 0.25) is 0 Å². The van der Waals surface area contributed by atoms with Crippen molar-refractivity contribution < 1.29 is 9.53 Å². The SMILES string of the molecule is O=C(CCc1ccccc1)OC(c1ccccc1)c1ccccn1. The van der Waals surface area contributed by atoms with Crippen LogP contribution < -0.4 is 0 Å². The van der Waals surface area contributed by atoms with E-state index in [4.69, 9.17) is 4.74 Å². The van der Waals surface area contributed by atoms with E-state index in [9.17, 15) is 4.79 Å². The van der Waals surface area contributed by atoms with Crippen LogP contribution in [0, 0.1) is 0 Å². The average Bonchev–Trinajstić information content (AvgIpc) is 2.67. The van der Waals surface area contributed by atoms with E-state index in [0.717, 1.165) is 16.8 Å². The number of esters is 1. The predicted molar refractivity (Wildman–Crippen MR) is 93.4 cm³/mol. The van der Waals surface area contributed by atoms with Gasteiger partial charge in [0.25, 0.3) is 0 Å². The van der Waals surface area contributed by atoms with Gasteiger partial charge in [0.05, 0.1) is 5.69 Å². The molecule has 0 saturated heterocycles. The molecule has 0 bridgehead atoms. The van der Waals surface area contributed by atoms with Gasteiger partial charge in [-0.3, -0.25) is 9.78 Å². The highest BCUT2D eigenvalue weighted by Crippen LogP contribution is 2.25. The zero-order chi connectivity index (χ0) is 16.6.